The summed E-state index contributed by atoms with van der Waals surface area (Å²) in [6.45, 7) is 0. The number of aliphatic carboxylic acids is 1. The topological polar surface area (TPSA) is 66.0 Å². The van der Waals surface area contributed by atoms with Crippen molar-refractivity contribution >= 4 is 5.97 Å². The Morgan fingerprint density at radius 3 is 2.89 bits per heavy atom. The van der Waals surface area contributed by atoms with Crippen LogP contribution in [0.2, 0.25) is 0 Å². The summed E-state index contributed by atoms with van der Waals surface area (Å²) in [5, 5.41) is 8.53. The zero-order valence-corrected chi connectivity index (χ0v) is 9.28. The first-order valence-corrected chi connectivity index (χ1v) is 5.27. The molecule has 1 aromatic heterocycles. The standard InChI is InChI=1S/C12H10F2N2O2/c13-7-1-2-9(14)8(5-7)10-6-15-11(16-10)3-4-12(17)18/h1-2,5-6H,3-4H2,(H,15,16)(H,17,18). The molecule has 6 heteroatoms. The number of aromatic amines is 1. The van der Waals surface area contributed by atoms with Crippen molar-refractivity contribution in [2.24, 2.45) is 0 Å². The first-order valence-electron chi connectivity index (χ1n) is 5.27. The molecule has 0 aliphatic rings. The van der Waals surface area contributed by atoms with Crippen molar-refractivity contribution in [3.05, 3.63) is 41.9 Å². The number of H-pyrrole nitrogens is 1. The third-order valence-electron chi connectivity index (χ3n) is 2.42. The van der Waals surface area contributed by atoms with Crippen LogP contribution in [0.25, 0.3) is 11.3 Å². The van der Waals surface area contributed by atoms with Crippen LogP contribution in [0, 0.1) is 11.6 Å². The number of benzene rings is 1. The highest BCUT2D eigenvalue weighted by Crippen LogP contribution is 2.22. The second-order valence-corrected chi connectivity index (χ2v) is 3.76. The lowest BCUT2D eigenvalue weighted by Crippen LogP contribution is -1.98. The number of nitrogens with one attached hydrogen (secondary N) is 1. The molecule has 0 atom stereocenters. The fraction of sp³-hybridized carbons (Fsp3) is 0.167. The number of hydrogen-bond donors (Lipinski definition) is 2. The van der Waals surface area contributed by atoms with E-state index in [2.05, 4.69) is 9.97 Å². The lowest BCUT2D eigenvalue weighted by Gasteiger charge is -2.00. The molecular weight excluding hydrogens is 242 g/mol. The third kappa shape index (κ3) is 2.71. The van der Waals surface area contributed by atoms with Gasteiger partial charge in [0.1, 0.15) is 17.5 Å². The molecule has 0 fully saturated rings. The summed E-state index contributed by atoms with van der Waals surface area (Å²) < 4.78 is 26.5. The Kier molecular flexibility index (Phi) is 3.36. The maximum atomic E-state index is 13.5. The quantitative estimate of drug-likeness (QED) is 0.877. The van der Waals surface area contributed by atoms with E-state index < -0.39 is 17.6 Å². The highest BCUT2D eigenvalue weighted by atomic mass is 19.1. The van der Waals surface area contributed by atoms with E-state index in [0.717, 1.165) is 18.2 Å². The minimum absolute atomic E-state index is 0.0708. The van der Waals surface area contributed by atoms with Crippen LogP contribution in [0.1, 0.15) is 12.2 Å². The second-order valence-electron chi connectivity index (χ2n) is 3.76. The van der Waals surface area contributed by atoms with E-state index >= 15 is 0 Å². The maximum Gasteiger partial charge on any atom is 0.303 e. The van der Waals surface area contributed by atoms with Gasteiger partial charge in [-0.2, -0.15) is 0 Å². The summed E-state index contributed by atoms with van der Waals surface area (Å²) >= 11 is 0. The zero-order chi connectivity index (χ0) is 13.1. The van der Waals surface area contributed by atoms with Crippen molar-refractivity contribution in [3.8, 4) is 11.3 Å². The number of rotatable bonds is 4. The Labute approximate surface area is 101 Å². The van der Waals surface area contributed by atoms with Gasteiger partial charge in [0.2, 0.25) is 0 Å². The fourth-order valence-corrected chi connectivity index (χ4v) is 1.56. The van der Waals surface area contributed by atoms with E-state index in [9.17, 15) is 13.6 Å². The van der Waals surface area contributed by atoms with Crippen LogP contribution in [-0.2, 0) is 11.2 Å². The SMILES string of the molecule is O=C(O)CCc1ncc(-c2cc(F)ccc2F)[nH]1. The van der Waals surface area contributed by atoms with Crippen molar-refractivity contribution in [3.63, 3.8) is 0 Å². The number of carboxylic acid groups (broad SMARTS) is 1. The zero-order valence-electron chi connectivity index (χ0n) is 9.28. The summed E-state index contributed by atoms with van der Waals surface area (Å²) in [4.78, 5) is 17.1. The van der Waals surface area contributed by atoms with Gasteiger partial charge in [0.05, 0.1) is 18.3 Å². The highest BCUT2D eigenvalue weighted by Gasteiger charge is 2.10. The van der Waals surface area contributed by atoms with Crippen molar-refractivity contribution in [1.29, 1.82) is 0 Å². The summed E-state index contributed by atoms with van der Waals surface area (Å²) in [5.74, 6) is -1.63. The van der Waals surface area contributed by atoms with Crippen LogP contribution in [-0.4, -0.2) is 21.0 Å². The molecule has 0 unspecified atom stereocenters. The molecule has 2 aromatic rings. The average molecular weight is 252 g/mol. The summed E-state index contributed by atoms with van der Waals surface area (Å²) in [7, 11) is 0. The van der Waals surface area contributed by atoms with Gasteiger partial charge in [-0.1, -0.05) is 0 Å². The van der Waals surface area contributed by atoms with Crippen LogP contribution in [0.4, 0.5) is 8.78 Å². The predicted octanol–water partition coefficient (Wildman–Crippen LogP) is 2.37. The molecule has 1 aromatic carbocycles. The van der Waals surface area contributed by atoms with Gasteiger partial charge >= 0.3 is 5.97 Å². The molecule has 0 bridgehead atoms. The molecular formula is C12H10F2N2O2. The molecule has 1 heterocycles. The number of nitrogens with zero attached hydrogens (tertiary/aromatic N) is 1. The van der Waals surface area contributed by atoms with Crippen molar-refractivity contribution in [2.45, 2.75) is 12.8 Å². The highest BCUT2D eigenvalue weighted by molar-refractivity contribution is 5.67. The molecule has 4 nitrogen and oxygen atoms in total. The lowest BCUT2D eigenvalue weighted by atomic mass is 10.1. The van der Waals surface area contributed by atoms with E-state index in [-0.39, 0.29) is 18.4 Å². The smallest absolute Gasteiger partial charge is 0.303 e. The number of carbonyl (C=O) groups is 1. The number of aryl methyl sites for hydroxylation is 1. The van der Waals surface area contributed by atoms with Crippen LogP contribution >= 0.6 is 0 Å². The largest absolute Gasteiger partial charge is 0.481 e. The van der Waals surface area contributed by atoms with Gasteiger partial charge in [-0.05, 0) is 18.2 Å². The Balaban J connectivity index is 2.23. The minimum atomic E-state index is -0.940. The van der Waals surface area contributed by atoms with Crippen LogP contribution in [0.15, 0.2) is 24.4 Å². The lowest BCUT2D eigenvalue weighted by molar-refractivity contribution is -0.137. The van der Waals surface area contributed by atoms with E-state index in [1.165, 1.54) is 6.20 Å². The van der Waals surface area contributed by atoms with Crippen LogP contribution < -0.4 is 0 Å². The Morgan fingerprint density at radius 2 is 2.17 bits per heavy atom. The Morgan fingerprint density at radius 1 is 1.39 bits per heavy atom. The number of halogens is 2. The third-order valence-corrected chi connectivity index (χ3v) is 2.42. The number of carboxylic acids is 1. The van der Waals surface area contributed by atoms with Crippen LogP contribution in [0.5, 0.6) is 0 Å². The second kappa shape index (κ2) is 4.95. The first-order chi connectivity index (χ1) is 8.56. The number of aromatic nitrogens is 2. The molecule has 0 radical (unpaired) electrons. The van der Waals surface area contributed by atoms with E-state index in [0.29, 0.717) is 11.5 Å². The van der Waals surface area contributed by atoms with Crippen molar-refractivity contribution < 1.29 is 18.7 Å². The van der Waals surface area contributed by atoms with Gasteiger partial charge in [-0.25, -0.2) is 13.8 Å². The monoisotopic (exact) mass is 252 g/mol. The number of imidazole rings is 1. The summed E-state index contributed by atoms with van der Waals surface area (Å²) in [5.41, 5.74) is 0.400. The van der Waals surface area contributed by atoms with Gasteiger partial charge in [0.15, 0.2) is 0 Å². The Hall–Kier alpha value is -2.24. The molecule has 2 N–H and O–H groups in total. The van der Waals surface area contributed by atoms with E-state index in [1.54, 1.807) is 0 Å². The van der Waals surface area contributed by atoms with Crippen LogP contribution in [0.3, 0.4) is 0 Å². The maximum absolute atomic E-state index is 13.5. The minimum Gasteiger partial charge on any atom is -0.481 e. The molecule has 2 rings (SSSR count). The fourth-order valence-electron chi connectivity index (χ4n) is 1.56. The average Bonchev–Trinajstić information content (AvgIpc) is 2.78. The van der Waals surface area contributed by atoms with Gasteiger partial charge < -0.3 is 10.1 Å². The number of hydrogen-bond acceptors (Lipinski definition) is 2. The molecule has 0 aliphatic carbocycles. The summed E-state index contributed by atoms with van der Waals surface area (Å²) in [6.07, 6.45) is 1.50. The molecule has 0 amide bonds. The van der Waals surface area contributed by atoms with Crippen molar-refractivity contribution in [1.82, 2.24) is 9.97 Å². The molecule has 0 saturated carbocycles. The van der Waals surface area contributed by atoms with E-state index in [1.807, 2.05) is 0 Å². The molecule has 0 saturated heterocycles. The Bertz CT molecular complexity index is 581. The molecule has 0 aliphatic heterocycles. The van der Waals surface area contributed by atoms with Crippen molar-refractivity contribution in [2.75, 3.05) is 0 Å². The summed E-state index contributed by atoms with van der Waals surface area (Å²) in [6, 6.07) is 3.12. The van der Waals surface area contributed by atoms with E-state index in [4.69, 9.17) is 5.11 Å². The normalized spacial score (nSPS) is 10.6. The van der Waals surface area contributed by atoms with Gasteiger partial charge in [0, 0.05) is 12.0 Å². The molecule has 94 valence electrons. The van der Waals surface area contributed by atoms with Gasteiger partial charge in [0.25, 0.3) is 0 Å². The predicted molar refractivity (Wildman–Crippen MR) is 59.9 cm³/mol. The van der Waals surface area contributed by atoms with Gasteiger partial charge in [-0.3, -0.25) is 4.79 Å². The molecule has 18 heavy (non-hydrogen) atoms. The molecule has 0 spiro atoms. The van der Waals surface area contributed by atoms with Gasteiger partial charge in [-0.15, -0.1) is 0 Å². The first kappa shape index (κ1) is 12.2.